The largest absolute Gasteiger partial charge is 0.497 e. The molecule has 0 spiro atoms. The number of rotatable bonds is 4. The summed E-state index contributed by atoms with van der Waals surface area (Å²) in [5.41, 5.74) is 2.39. The Balaban J connectivity index is 1.54. The van der Waals surface area contributed by atoms with Crippen LogP contribution in [-0.2, 0) is 9.47 Å². The highest BCUT2D eigenvalue weighted by atomic mass is 16.7. The van der Waals surface area contributed by atoms with Crippen molar-refractivity contribution in [1.82, 2.24) is 0 Å². The lowest BCUT2D eigenvalue weighted by atomic mass is 9.98. The number of benzene rings is 3. The van der Waals surface area contributed by atoms with E-state index in [0.717, 1.165) is 33.4 Å². The maximum atomic E-state index is 12.6. The normalized spacial score (nSPS) is 20.3. The van der Waals surface area contributed by atoms with Crippen LogP contribution in [-0.4, -0.2) is 32.2 Å². The number of hydrogen-bond acceptors (Lipinski definition) is 5. The second-order valence-electron chi connectivity index (χ2n) is 7.09. The van der Waals surface area contributed by atoms with Gasteiger partial charge in [-0.2, -0.15) is 0 Å². The number of fused-ring (bicyclic) bond motifs is 6. The second kappa shape index (κ2) is 7.35. The topological polar surface area (TPSA) is 54.0 Å². The van der Waals surface area contributed by atoms with E-state index in [1.165, 1.54) is 0 Å². The first kappa shape index (κ1) is 17.9. The molecule has 5 nitrogen and oxygen atoms in total. The van der Waals surface area contributed by atoms with Crippen molar-refractivity contribution in [1.29, 1.82) is 0 Å². The number of carbonyl (C=O) groups is 1. The molecule has 0 radical (unpaired) electrons. The predicted octanol–water partition coefficient (Wildman–Crippen LogP) is 4.55. The molecule has 29 heavy (non-hydrogen) atoms. The maximum Gasteiger partial charge on any atom is 0.188 e. The van der Waals surface area contributed by atoms with Crippen LogP contribution in [0.5, 0.6) is 11.5 Å². The van der Waals surface area contributed by atoms with Crippen LogP contribution in [0, 0.1) is 0 Å². The van der Waals surface area contributed by atoms with Crippen molar-refractivity contribution in [3.8, 4) is 11.5 Å². The highest BCUT2D eigenvalue weighted by Crippen LogP contribution is 2.42. The molecule has 5 heteroatoms. The summed E-state index contributed by atoms with van der Waals surface area (Å²) in [7, 11) is 1.60. The zero-order chi connectivity index (χ0) is 19.8. The van der Waals surface area contributed by atoms with Gasteiger partial charge in [0.25, 0.3) is 0 Å². The standard InChI is InChI=1S/C24H20O5/c1-26-17-9-6-15(7-10-17)22(25)11-8-16-12-21-23(20-5-3-2-4-19(16)20)27-13-18-14-28-24(21)29-18/h2-12,18,24H,13-14H2,1H3/b11-8+. The minimum Gasteiger partial charge on any atom is -0.497 e. The summed E-state index contributed by atoms with van der Waals surface area (Å²) in [5.74, 6) is 1.44. The Morgan fingerprint density at radius 3 is 2.66 bits per heavy atom. The number of methoxy groups -OCH3 is 1. The third kappa shape index (κ3) is 3.28. The minimum absolute atomic E-state index is 0.0539. The van der Waals surface area contributed by atoms with Gasteiger partial charge in [0, 0.05) is 10.9 Å². The Kier molecular flexibility index (Phi) is 4.54. The molecule has 1 saturated heterocycles. The fourth-order valence-corrected chi connectivity index (χ4v) is 3.77. The summed E-state index contributed by atoms with van der Waals surface area (Å²) >= 11 is 0. The van der Waals surface area contributed by atoms with Gasteiger partial charge < -0.3 is 18.9 Å². The van der Waals surface area contributed by atoms with Crippen molar-refractivity contribution in [2.75, 3.05) is 20.3 Å². The Morgan fingerprint density at radius 2 is 1.86 bits per heavy atom. The molecule has 2 aliphatic rings. The molecule has 2 bridgehead atoms. The Hall–Kier alpha value is -3.15. The number of ketones is 1. The van der Waals surface area contributed by atoms with Crippen LogP contribution in [0.15, 0.2) is 60.7 Å². The zero-order valence-corrected chi connectivity index (χ0v) is 16.0. The molecule has 0 saturated carbocycles. The highest BCUT2D eigenvalue weighted by Gasteiger charge is 2.34. The van der Waals surface area contributed by atoms with E-state index in [1.54, 1.807) is 37.5 Å². The van der Waals surface area contributed by atoms with Gasteiger partial charge in [-0.15, -0.1) is 0 Å². The maximum absolute atomic E-state index is 12.6. The SMILES string of the molecule is COc1ccc(C(=O)/C=C/c2cc3c(c4ccccc24)OCC2COC3O2)cc1. The molecular weight excluding hydrogens is 368 g/mol. The first-order valence-corrected chi connectivity index (χ1v) is 9.55. The van der Waals surface area contributed by atoms with E-state index in [2.05, 4.69) is 0 Å². The number of allylic oxidation sites excluding steroid dienone is 1. The van der Waals surface area contributed by atoms with E-state index in [-0.39, 0.29) is 11.9 Å². The monoisotopic (exact) mass is 388 g/mol. The van der Waals surface area contributed by atoms with E-state index in [4.69, 9.17) is 18.9 Å². The van der Waals surface area contributed by atoms with Gasteiger partial charge in [0.15, 0.2) is 12.1 Å². The zero-order valence-electron chi connectivity index (χ0n) is 16.0. The molecule has 0 aliphatic carbocycles. The summed E-state index contributed by atoms with van der Waals surface area (Å²) in [6.07, 6.45) is 2.94. The number of carbonyl (C=O) groups excluding carboxylic acids is 1. The first-order chi connectivity index (χ1) is 14.2. The molecule has 1 fully saturated rings. The van der Waals surface area contributed by atoms with Gasteiger partial charge in [-0.25, -0.2) is 0 Å². The van der Waals surface area contributed by atoms with E-state index in [0.29, 0.717) is 18.8 Å². The summed E-state index contributed by atoms with van der Waals surface area (Å²) < 4.78 is 22.9. The van der Waals surface area contributed by atoms with Gasteiger partial charge >= 0.3 is 0 Å². The van der Waals surface area contributed by atoms with Crippen molar-refractivity contribution in [3.05, 3.63) is 77.4 Å². The minimum atomic E-state index is -0.438. The van der Waals surface area contributed by atoms with Gasteiger partial charge in [-0.3, -0.25) is 4.79 Å². The molecule has 3 aromatic rings. The first-order valence-electron chi connectivity index (χ1n) is 9.55. The van der Waals surface area contributed by atoms with Gasteiger partial charge in [0.05, 0.1) is 19.3 Å². The van der Waals surface area contributed by atoms with E-state index in [1.807, 2.05) is 36.4 Å². The van der Waals surface area contributed by atoms with Crippen molar-refractivity contribution in [2.45, 2.75) is 12.4 Å². The molecule has 3 aromatic carbocycles. The van der Waals surface area contributed by atoms with Crippen LogP contribution < -0.4 is 9.47 Å². The number of hydrogen-bond donors (Lipinski definition) is 0. The van der Waals surface area contributed by atoms with E-state index < -0.39 is 6.29 Å². The average Bonchev–Trinajstić information content (AvgIpc) is 3.16. The Labute approximate surface area is 168 Å². The lowest BCUT2D eigenvalue weighted by Crippen LogP contribution is -2.18. The molecule has 0 aromatic heterocycles. The van der Waals surface area contributed by atoms with Crippen molar-refractivity contribution < 1.29 is 23.7 Å². The van der Waals surface area contributed by atoms with Crippen LogP contribution >= 0.6 is 0 Å². The lowest BCUT2D eigenvalue weighted by molar-refractivity contribution is -0.0579. The van der Waals surface area contributed by atoms with Crippen molar-refractivity contribution >= 4 is 22.6 Å². The second-order valence-corrected chi connectivity index (χ2v) is 7.09. The fraction of sp³-hybridized carbons (Fsp3) is 0.208. The number of ether oxygens (including phenoxy) is 4. The fourth-order valence-electron chi connectivity index (χ4n) is 3.77. The van der Waals surface area contributed by atoms with Gasteiger partial charge in [-0.05, 0) is 47.4 Å². The summed E-state index contributed by atoms with van der Waals surface area (Å²) in [5, 5.41) is 2.00. The molecular formula is C24H20O5. The van der Waals surface area contributed by atoms with Crippen molar-refractivity contribution in [2.24, 2.45) is 0 Å². The third-order valence-corrected chi connectivity index (χ3v) is 5.26. The third-order valence-electron chi connectivity index (χ3n) is 5.26. The van der Waals surface area contributed by atoms with Gasteiger partial charge in [0.2, 0.25) is 0 Å². The lowest BCUT2D eigenvalue weighted by Gasteiger charge is -2.17. The molecule has 0 amide bonds. The quantitative estimate of drug-likeness (QED) is 0.485. The van der Waals surface area contributed by atoms with Crippen LogP contribution in [0.25, 0.3) is 16.8 Å². The van der Waals surface area contributed by atoms with Gasteiger partial charge in [-0.1, -0.05) is 30.3 Å². The predicted molar refractivity (Wildman–Crippen MR) is 109 cm³/mol. The summed E-state index contributed by atoms with van der Waals surface area (Å²) in [6.45, 7) is 0.997. The van der Waals surface area contributed by atoms with Crippen LogP contribution in [0.3, 0.4) is 0 Å². The van der Waals surface area contributed by atoms with Crippen molar-refractivity contribution in [3.63, 3.8) is 0 Å². The molecule has 5 rings (SSSR count). The van der Waals surface area contributed by atoms with E-state index in [9.17, 15) is 4.79 Å². The van der Waals surface area contributed by atoms with Crippen LogP contribution in [0.2, 0.25) is 0 Å². The Bertz CT molecular complexity index is 1100. The Morgan fingerprint density at radius 1 is 1.07 bits per heavy atom. The molecule has 146 valence electrons. The molecule has 2 atom stereocenters. The summed E-state index contributed by atoms with van der Waals surface area (Å²) in [4.78, 5) is 12.6. The molecule has 2 heterocycles. The molecule has 2 aliphatic heterocycles. The highest BCUT2D eigenvalue weighted by molar-refractivity contribution is 6.08. The smallest absolute Gasteiger partial charge is 0.188 e. The van der Waals surface area contributed by atoms with Gasteiger partial charge in [0.1, 0.15) is 24.2 Å². The summed E-state index contributed by atoms with van der Waals surface area (Å²) in [6, 6.07) is 17.1. The van der Waals surface area contributed by atoms with E-state index >= 15 is 0 Å². The molecule has 2 unspecified atom stereocenters. The molecule has 0 N–H and O–H groups in total. The average molecular weight is 388 g/mol. The van der Waals surface area contributed by atoms with Crippen LogP contribution in [0.1, 0.15) is 27.8 Å². The van der Waals surface area contributed by atoms with Crippen LogP contribution in [0.4, 0.5) is 0 Å².